The maximum absolute atomic E-state index is 10.0. The Labute approximate surface area is 134 Å². The topological polar surface area (TPSA) is 32.7 Å². The number of β-amino-alcohol motifs (C(OH)–C–C–N with tert-alkyl or cyclic N) is 1. The van der Waals surface area contributed by atoms with Gasteiger partial charge < -0.3 is 14.7 Å². The third kappa shape index (κ3) is 6.25. The highest BCUT2D eigenvalue weighted by Crippen LogP contribution is 2.18. The average molecular weight is 314 g/mol. The van der Waals surface area contributed by atoms with Crippen LogP contribution >= 0.6 is 12.4 Å². The van der Waals surface area contributed by atoms with Gasteiger partial charge in [-0.15, -0.1) is 12.4 Å². The number of aliphatic hydroxyl groups excluding tert-OH is 1. The van der Waals surface area contributed by atoms with E-state index in [1.54, 1.807) is 0 Å². The lowest BCUT2D eigenvalue weighted by Gasteiger charge is -2.28. The fourth-order valence-corrected chi connectivity index (χ4v) is 2.63. The molecule has 4 heteroatoms. The van der Waals surface area contributed by atoms with E-state index in [4.69, 9.17) is 4.74 Å². The Balaban J connectivity index is 0.00000220. The first-order chi connectivity index (χ1) is 9.65. The molecule has 1 heterocycles. The Morgan fingerprint density at radius 3 is 2.29 bits per heavy atom. The number of benzene rings is 1. The van der Waals surface area contributed by atoms with Crippen molar-refractivity contribution in [2.24, 2.45) is 0 Å². The van der Waals surface area contributed by atoms with Gasteiger partial charge in [0, 0.05) is 6.54 Å². The zero-order chi connectivity index (χ0) is 14.4. The van der Waals surface area contributed by atoms with Gasteiger partial charge in [-0.1, -0.05) is 32.4 Å². The summed E-state index contributed by atoms with van der Waals surface area (Å²) in [5.41, 5.74) is 1.31. The minimum Gasteiger partial charge on any atom is -0.491 e. The summed E-state index contributed by atoms with van der Waals surface area (Å²) >= 11 is 0. The van der Waals surface area contributed by atoms with Crippen LogP contribution in [0.1, 0.15) is 44.6 Å². The SMILES string of the molecule is CC(C)c1ccc(OCC(O)CN2CCCCC2)cc1.Cl. The summed E-state index contributed by atoms with van der Waals surface area (Å²) in [6.45, 7) is 7.68. The molecule has 1 aliphatic heterocycles. The highest BCUT2D eigenvalue weighted by Gasteiger charge is 2.14. The molecular formula is C17H28ClNO2. The Morgan fingerprint density at radius 1 is 1.10 bits per heavy atom. The quantitative estimate of drug-likeness (QED) is 0.873. The lowest BCUT2D eigenvalue weighted by molar-refractivity contribution is 0.0617. The minimum atomic E-state index is -0.405. The molecule has 1 N–H and O–H groups in total. The van der Waals surface area contributed by atoms with E-state index in [0.717, 1.165) is 25.4 Å². The van der Waals surface area contributed by atoms with E-state index >= 15 is 0 Å². The molecule has 1 saturated heterocycles. The number of likely N-dealkylation sites (tertiary alicyclic amines) is 1. The molecule has 2 rings (SSSR count). The van der Waals surface area contributed by atoms with E-state index in [2.05, 4.69) is 30.9 Å². The molecule has 120 valence electrons. The summed E-state index contributed by atoms with van der Waals surface area (Å²) in [7, 11) is 0. The molecule has 0 saturated carbocycles. The van der Waals surface area contributed by atoms with Crippen LogP contribution in [0.2, 0.25) is 0 Å². The van der Waals surface area contributed by atoms with Gasteiger partial charge in [0.1, 0.15) is 18.5 Å². The second kappa shape index (κ2) is 9.29. The van der Waals surface area contributed by atoms with Crippen molar-refractivity contribution in [3.63, 3.8) is 0 Å². The number of ether oxygens (including phenoxy) is 1. The van der Waals surface area contributed by atoms with Crippen LogP contribution in [0, 0.1) is 0 Å². The number of aliphatic hydroxyl groups is 1. The van der Waals surface area contributed by atoms with E-state index < -0.39 is 6.10 Å². The van der Waals surface area contributed by atoms with Crippen molar-refractivity contribution < 1.29 is 9.84 Å². The van der Waals surface area contributed by atoms with Crippen LogP contribution in [0.4, 0.5) is 0 Å². The number of nitrogens with zero attached hydrogens (tertiary/aromatic N) is 1. The fraction of sp³-hybridized carbons (Fsp3) is 0.647. The lowest BCUT2D eigenvalue weighted by atomic mass is 10.0. The Morgan fingerprint density at radius 2 is 1.71 bits per heavy atom. The summed E-state index contributed by atoms with van der Waals surface area (Å²) in [4.78, 5) is 2.33. The Kier molecular flexibility index (Phi) is 8.09. The van der Waals surface area contributed by atoms with Crippen molar-refractivity contribution in [2.75, 3.05) is 26.2 Å². The number of rotatable bonds is 6. The smallest absolute Gasteiger partial charge is 0.119 e. The first kappa shape index (κ1) is 18.3. The van der Waals surface area contributed by atoms with Crippen LogP contribution in [-0.4, -0.2) is 42.4 Å². The van der Waals surface area contributed by atoms with Gasteiger partial charge in [0.05, 0.1) is 0 Å². The van der Waals surface area contributed by atoms with E-state index in [1.165, 1.54) is 24.8 Å². The maximum Gasteiger partial charge on any atom is 0.119 e. The van der Waals surface area contributed by atoms with Crippen LogP contribution in [0.3, 0.4) is 0 Å². The standard InChI is InChI=1S/C17H27NO2.ClH/c1-14(2)15-6-8-17(9-7-15)20-13-16(19)12-18-10-4-3-5-11-18;/h6-9,14,16,19H,3-5,10-13H2,1-2H3;1H. The van der Waals surface area contributed by atoms with Gasteiger partial charge in [0.15, 0.2) is 0 Å². The second-order valence-corrected chi connectivity index (χ2v) is 6.05. The van der Waals surface area contributed by atoms with Crippen LogP contribution < -0.4 is 4.74 Å². The molecular weight excluding hydrogens is 286 g/mol. The van der Waals surface area contributed by atoms with Crippen molar-refractivity contribution in [1.82, 2.24) is 4.90 Å². The van der Waals surface area contributed by atoms with Crippen molar-refractivity contribution in [2.45, 2.75) is 45.1 Å². The number of hydrogen-bond donors (Lipinski definition) is 1. The number of halogens is 1. The van der Waals surface area contributed by atoms with Crippen LogP contribution in [-0.2, 0) is 0 Å². The molecule has 0 radical (unpaired) electrons. The molecule has 1 aromatic rings. The molecule has 1 aliphatic rings. The Bertz CT molecular complexity index is 388. The molecule has 0 aromatic heterocycles. The van der Waals surface area contributed by atoms with Crippen LogP contribution in [0.25, 0.3) is 0 Å². The summed E-state index contributed by atoms with van der Waals surface area (Å²) in [5.74, 6) is 1.38. The summed E-state index contributed by atoms with van der Waals surface area (Å²) in [5, 5.41) is 10.0. The van der Waals surface area contributed by atoms with Gasteiger partial charge in [0.2, 0.25) is 0 Å². The average Bonchev–Trinajstić information content (AvgIpc) is 2.46. The highest BCUT2D eigenvalue weighted by molar-refractivity contribution is 5.85. The third-order valence-electron chi connectivity index (χ3n) is 3.91. The zero-order valence-corrected chi connectivity index (χ0v) is 13.9. The van der Waals surface area contributed by atoms with Gasteiger partial charge >= 0.3 is 0 Å². The van der Waals surface area contributed by atoms with Gasteiger partial charge in [-0.2, -0.15) is 0 Å². The predicted molar refractivity (Wildman–Crippen MR) is 89.6 cm³/mol. The molecule has 0 bridgehead atoms. The van der Waals surface area contributed by atoms with Crippen LogP contribution in [0.5, 0.6) is 5.75 Å². The van der Waals surface area contributed by atoms with Crippen LogP contribution in [0.15, 0.2) is 24.3 Å². The molecule has 0 amide bonds. The molecule has 0 spiro atoms. The normalized spacial score (nSPS) is 17.3. The van der Waals surface area contributed by atoms with Gasteiger partial charge in [-0.25, -0.2) is 0 Å². The molecule has 21 heavy (non-hydrogen) atoms. The molecule has 0 aliphatic carbocycles. The molecule has 1 atom stereocenters. The number of piperidine rings is 1. The highest BCUT2D eigenvalue weighted by atomic mass is 35.5. The molecule has 3 nitrogen and oxygen atoms in total. The van der Waals surface area contributed by atoms with Gasteiger partial charge in [0.25, 0.3) is 0 Å². The lowest BCUT2D eigenvalue weighted by Crippen LogP contribution is -2.38. The zero-order valence-electron chi connectivity index (χ0n) is 13.1. The Hall–Kier alpha value is -0.770. The van der Waals surface area contributed by atoms with Gasteiger partial charge in [-0.3, -0.25) is 0 Å². The molecule has 1 unspecified atom stereocenters. The van der Waals surface area contributed by atoms with Crippen molar-refractivity contribution >= 4 is 12.4 Å². The fourth-order valence-electron chi connectivity index (χ4n) is 2.63. The molecule has 1 aromatic carbocycles. The summed E-state index contributed by atoms with van der Waals surface area (Å²) in [6, 6.07) is 8.17. The van der Waals surface area contributed by atoms with E-state index in [9.17, 15) is 5.11 Å². The second-order valence-electron chi connectivity index (χ2n) is 6.05. The van der Waals surface area contributed by atoms with Crippen molar-refractivity contribution in [1.29, 1.82) is 0 Å². The predicted octanol–water partition coefficient (Wildman–Crippen LogP) is 3.46. The minimum absolute atomic E-state index is 0. The number of hydrogen-bond acceptors (Lipinski definition) is 3. The van der Waals surface area contributed by atoms with Crippen molar-refractivity contribution in [3.05, 3.63) is 29.8 Å². The summed E-state index contributed by atoms with van der Waals surface area (Å²) in [6.07, 6.45) is 3.43. The largest absolute Gasteiger partial charge is 0.491 e. The van der Waals surface area contributed by atoms with E-state index in [1.807, 2.05) is 12.1 Å². The van der Waals surface area contributed by atoms with Crippen molar-refractivity contribution in [3.8, 4) is 5.75 Å². The monoisotopic (exact) mass is 313 g/mol. The third-order valence-corrected chi connectivity index (χ3v) is 3.91. The maximum atomic E-state index is 10.0. The van der Waals surface area contributed by atoms with Gasteiger partial charge in [-0.05, 0) is 49.5 Å². The van der Waals surface area contributed by atoms with E-state index in [-0.39, 0.29) is 12.4 Å². The summed E-state index contributed by atoms with van der Waals surface area (Å²) < 4.78 is 5.67. The van der Waals surface area contributed by atoms with E-state index in [0.29, 0.717) is 12.5 Å². The first-order valence-electron chi connectivity index (χ1n) is 7.78. The first-order valence-corrected chi connectivity index (χ1v) is 7.78. The molecule has 1 fully saturated rings.